The Hall–Kier alpha value is -2.04. The Balaban J connectivity index is 1.85. The van der Waals surface area contributed by atoms with Crippen LogP contribution in [0.1, 0.15) is 17.8 Å². The molecule has 5 nitrogen and oxygen atoms in total. The predicted octanol–water partition coefficient (Wildman–Crippen LogP) is 0.955. The van der Waals surface area contributed by atoms with E-state index in [9.17, 15) is 4.79 Å². The number of rotatable bonds is 5. The van der Waals surface area contributed by atoms with Gasteiger partial charge in [-0.1, -0.05) is 6.07 Å². The summed E-state index contributed by atoms with van der Waals surface area (Å²) in [6.07, 6.45) is 6.56. The molecule has 2 heterocycles. The molecule has 0 aliphatic heterocycles. The standard InChI is InChI=1S/C12H14N4O/c1-16-12(14-9-15-16)7-11(17)5-4-10-3-2-6-13-8-10/h2-3,6,8-9H,4-5,7H2,1H3. The molecule has 0 bridgehead atoms. The van der Waals surface area contributed by atoms with Crippen LogP contribution in [-0.4, -0.2) is 25.5 Å². The third-order valence-corrected chi connectivity index (χ3v) is 2.58. The molecule has 0 atom stereocenters. The van der Waals surface area contributed by atoms with Crippen LogP contribution in [0.25, 0.3) is 0 Å². The third-order valence-electron chi connectivity index (χ3n) is 2.58. The summed E-state index contributed by atoms with van der Waals surface area (Å²) in [4.78, 5) is 19.8. The number of ketones is 1. The Bertz CT molecular complexity index is 492. The molecule has 0 saturated heterocycles. The van der Waals surface area contributed by atoms with Crippen LogP contribution in [0.4, 0.5) is 0 Å². The lowest BCUT2D eigenvalue weighted by Gasteiger charge is -2.01. The Morgan fingerprint density at radius 3 is 3.00 bits per heavy atom. The molecule has 0 unspecified atom stereocenters. The van der Waals surface area contributed by atoms with Crippen LogP contribution in [0, 0.1) is 0 Å². The number of Topliss-reactive ketones (excluding diaryl/α,β-unsaturated/α-hetero) is 1. The summed E-state index contributed by atoms with van der Waals surface area (Å²) in [6, 6.07) is 3.85. The minimum Gasteiger partial charge on any atom is -0.299 e. The van der Waals surface area contributed by atoms with Crippen LogP contribution >= 0.6 is 0 Å². The van der Waals surface area contributed by atoms with E-state index in [2.05, 4.69) is 15.1 Å². The molecule has 0 aromatic carbocycles. The van der Waals surface area contributed by atoms with Crippen molar-refractivity contribution in [2.45, 2.75) is 19.3 Å². The molecule has 2 aromatic heterocycles. The number of nitrogens with zero attached hydrogens (tertiary/aromatic N) is 4. The van der Waals surface area contributed by atoms with Gasteiger partial charge in [0.25, 0.3) is 0 Å². The highest BCUT2D eigenvalue weighted by Crippen LogP contribution is 2.03. The van der Waals surface area contributed by atoms with Crippen LogP contribution in [-0.2, 0) is 24.7 Å². The van der Waals surface area contributed by atoms with Crippen molar-refractivity contribution in [1.29, 1.82) is 0 Å². The summed E-state index contributed by atoms with van der Waals surface area (Å²) >= 11 is 0. The van der Waals surface area contributed by atoms with E-state index >= 15 is 0 Å². The number of aromatic nitrogens is 4. The van der Waals surface area contributed by atoms with E-state index < -0.39 is 0 Å². The first kappa shape index (κ1) is 11.4. The number of hydrogen-bond acceptors (Lipinski definition) is 4. The molecular weight excluding hydrogens is 216 g/mol. The average Bonchev–Trinajstić information content (AvgIpc) is 2.74. The Morgan fingerprint density at radius 2 is 2.35 bits per heavy atom. The fraction of sp³-hybridized carbons (Fsp3) is 0.333. The van der Waals surface area contributed by atoms with Crippen LogP contribution in [0.2, 0.25) is 0 Å². The highest BCUT2D eigenvalue weighted by molar-refractivity contribution is 5.80. The van der Waals surface area contributed by atoms with Gasteiger partial charge in [-0.05, 0) is 18.1 Å². The molecule has 0 amide bonds. The van der Waals surface area contributed by atoms with Crippen molar-refractivity contribution in [3.8, 4) is 0 Å². The smallest absolute Gasteiger partial charge is 0.140 e. The van der Waals surface area contributed by atoms with E-state index in [0.717, 1.165) is 12.0 Å². The van der Waals surface area contributed by atoms with E-state index in [1.807, 2.05) is 12.1 Å². The number of pyridine rings is 1. The first-order chi connectivity index (χ1) is 8.25. The van der Waals surface area contributed by atoms with Gasteiger partial charge in [-0.3, -0.25) is 14.5 Å². The molecule has 0 N–H and O–H groups in total. The summed E-state index contributed by atoms with van der Waals surface area (Å²) in [5.41, 5.74) is 1.08. The van der Waals surface area contributed by atoms with Gasteiger partial charge in [-0.2, -0.15) is 5.10 Å². The molecule has 0 aliphatic carbocycles. The van der Waals surface area contributed by atoms with Gasteiger partial charge in [0.2, 0.25) is 0 Å². The van der Waals surface area contributed by atoms with E-state index in [4.69, 9.17) is 0 Å². The van der Waals surface area contributed by atoms with Crippen LogP contribution in [0.5, 0.6) is 0 Å². The number of carbonyl (C=O) groups is 1. The predicted molar refractivity (Wildman–Crippen MR) is 62.3 cm³/mol. The van der Waals surface area contributed by atoms with Crippen molar-refractivity contribution in [1.82, 2.24) is 19.7 Å². The van der Waals surface area contributed by atoms with E-state index in [1.54, 1.807) is 24.1 Å². The zero-order chi connectivity index (χ0) is 12.1. The lowest BCUT2D eigenvalue weighted by Crippen LogP contribution is -2.09. The molecule has 2 aromatic rings. The molecule has 88 valence electrons. The van der Waals surface area contributed by atoms with Gasteiger partial charge in [-0.15, -0.1) is 0 Å². The van der Waals surface area contributed by atoms with Crippen molar-refractivity contribution in [2.75, 3.05) is 0 Å². The zero-order valence-corrected chi connectivity index (χ0v) is 9.71. The quantitative estimate of drug-likeness (QED) is 0.767. The van der Waals surface area contributed by atoms with E-state index in [0.29, 0.717) is 18.7 Å². The van der Waals surface area contributed by atoms with Crippen molar-refractivity contribution in [3.63, 3.8) is 0 Å². The Morgan fingerprint density at radius 1 is 1.47 bits per heavy atom. The summed E-state index contributed by atoms with van der Waals surface area (Å²) in [7, 11) is 1.79. The zero-order valence-electron chi connectivity index (χ0n) is 9.71. The fourth-order valence-electron chi connectivity index (χ4n) is 1.57. The second kappa shape index (κ2) is 5.34. The average molecular weight is 230 g/mol. The number of carbonyl (C=O) groups excluding carboxylic acids is 1. The van der Waals surface area contributed by atoms with Gasteiger partial charge in [0, 0.05) is 25.9 Å². The summed E-state index contributed by atoms with van der Waals surface area (Å²) in [6.45, 7) is 0. The lowest BCUT2D eigenvalue weighted by atomic mass is 10.1. The lowest BCUT2D eigenvalue weighted by molar-refractivity contribution is -0.118. The molecule has 0 spiro atoms. The minimum absolute atomic E-state index is 0.171. The van der Waals surface area contributed by atoms with Crippen molar-refractivity contribution >= 4 is 5.78 Å². The maximum absolute atomic E-state index is 11.7. The van der Waals surface area contributed by atoms with Gasteiger partial charge in [0.15, 0.2) is 0 Å². The maximum Gasteiger partial charge on any atom is 0.140 e. The largest absolute Gasteiger partial charge is 0.299 e. The summed E-state index contributed by atoms with van der Waals surface area (Å²) in [5, 5.41) is 3.93. The summed E-state index contributed by atoms with van der Waals surface area (Å²) < 4.78 is 1.63. The molecule has 0 radical (unpaired) electrons. The molecule has 5 heteroatoms. The molecule has 0 aliphatic rings. The second-order valence-corrected chi connectivity index (χ2v) is 3.88. The minimum atomic E-state index is 0.171. The van der Waals surface area contributed by atoms with Gasteiger partial charge >= 0.3 is 0 Å². The Labute approximate surface area is 99.5 Å². The van der Waals surface area contributed by atoms with Gasteiger partial charge < -0.3 is 0 Å². The van der Waals surface area contributed by atoms with Crippen LogP contribution < -0.4 is 0 Å². The second-order valence-electron chi connectivity index (χ2n) is 3.88. The molecule has 17 heavy (non-hydrogen) atoms. The van der Waals surface area contributed by atoms with Crippen LogP contribution in [0.3, 0.4) is 0 Å². The SMILES string of the molecule is Cn1ncnc1CC(=O)CCc1cccnc1. The monoisotopic (exact) mass is 230 g/mol. The fourth-order valence-corrected chi connectivity index (χ4v) is 1.57. The summed E-state index contributed by atoms with van der Waals surface area (Å²) in [5.74, 6) is 0.881. The van der Waals surface area contributed by atoms with Gasteiger partial charge in [0.05, 0.1) is 6.42 Å². The Kier molecular flexibility index (Phi) is 3.59. The maximum atomic E-state index is 11.7. The van der Waals surface area contributed by atoms with Crippen molar-refractivity contribution < 1.29 is 4.79 Å². The molecular formula is C12H14N4O. The first-order valence-electron chi connectivity index (χ1n) is 5.49. The van der Waals surface area contributed by atoms with Crippen molar-refractivity contribution in [3.05, 3.63) is 42.2 Å². The van der Waals surface area contributed by atoms with Gasteiger partial charge in [0.1, 0.15) is 17.9 Å². The highest BCUT2D eigenvalue weighted by atomic mass is 16.1. The molecule has 2 rings (SSSR count). The third kappa shape index (κ3) is 3.21. The van der Waals surface area contributed by atoms with Crippen molar-refractivity contribution in [2.24, 2.45) is 7.05 Å². The van der Waals surface area contributed by atoms with Gasteiger partial charge in [-0.25, -0.2) is 4.98 Å². The number of aryl methyl sites for hydroxylation is 2. The van der Waals surface area contributed by atoms with Crippen LogP contribution in [0.15, 0.2) is 30.9 Å². The van der Waals surface area contributed by atoms with E-state index in [1.165, 1.54) is 6.33 Å². The highest BCUT2D eigenvalue weighted by Gasteiger charge is 2.08. The molecule has 0 fully saturated rings. The topological polar surface area (TPSA) is 60.7 Å². The molecule has 0 saturated carbocycles. The normalized spacial score (nSPS) is 10.4. The van der Waals surface area contributed by atoms with E-state index in [-0.39, 0.29) is 5.78 Å². The first-order valence-corrected chi connectivity index (χ1v) is 5.49. The number of hydrogen-bond donors (Lipinski definition) is 0.